The lowest BCUT2D eigenvalue weighted by Crippen LogP contribution is -2.20. The zero-order chi connectivity index (χ0) is 8.23. The van der Waals surface area contributed by atoms with Crippen LogP contribution in [0.15, 0.2) is 16.8 Å². The van der Waals surface area contributed by atoms with E-state index in [2.05, 4.69) is 16.4 Å². The highest BCUT2D eigenvalue weighted by atomic mass is 14.9. The summed E-state index contributed by atoms with van der Waals surface area (Å²) in [5, 5.41) is 3.43. The summed E-state index contributed by atoms with van der Waals surface area (Å²) in [4.78, 5) is 4.43. The summed E-state index contributed by atoms with van der Waals surface area (Å²) in [6.45, 7) is 2.19. The predicted molar refractivity (Wildman–Crippen MR) is 51.5 cm³/mol. The number of aliphatic imine (C=N–C) groups is 1. The van der Waals surface area contributed by atoms with E-state index in [0.717, 1.165) is 13.1 Å². The fourth-order valence-corrected chi connectivity index (χ4v) is 1.78. The maximum Gasteiger partial charge on any atom is 0.0396 e. The molecule has 0 spiro atoms. The van der Waals surface area contributed by atoms with Crippen LogP contribution < -0.4 is 5.32 Å². The van der Waals surface area contributed by atoms with E-state index in [4.69, 9.17) is 0 Å². The van der Waals surface area contributed by atoms with Gasteiger partial charge < -0.3 is 5.32 Å². The molecule has 0 atom stereocenters. The van der Waals surface area contributed by atoms with Crippen molar-refractivity contribution >= 4 is 5.71 Å². The summed E-state index contributed by atoms with van der Waals surface area (Å²) < 4.78 is 0. The first-order valence-corrected chi connectivity index (χ1v) is 4.93. The van der Waals surface area contributed by atoms with Crippen molar-refractivity contribution < 1.29 is 0 Å². The highest BCUT2D eigenvalue weighted by Gasteiger charge is 2.07. The Morgan fingerprint density at radius 2 is 2.17 bits per heavy atom. The summed E-state index contributed by atoms with van der Waals surface area (Å²) in [6, 6.07) is 0. The second kappa shape index (κ2) is 3.74. The molecule has 2 nitrogen and oxygen atoms in total. The van der Waals surface area contributed by atoms with Crippen LogP contribution in [0.4, 0.5) is 0 Å². The number of rotatable bonds is 1. The average molecular weight is 164 g/mol. The molecule has 0 unspecified atom stereocenters. The zero-order valence-electron chi connectivity index (χ0n) is 7.47. The van der Waals surface area contributed by atoms with Gasteiger partial charge in [-0.2, -0.15) is 0 Å². The SMILES string of the molecule is C(/C1=NCCC1)=C1\CCCCN1. The van der Waals surface area contributed by atoms with Crippen LogP contribution in [-0.4, -0.2) is 18.8 Å². The minimum Gasteiger partial charge on any atom is -0.388 e. The molecular weight excluding hydrogens is 148 g/mol. The van der Waals surface area contributed by atoms with Crippen molar-refractivity contribution in [3.63, 3.8) is 0 Å². The fraction of sp³-hybridized carbons (Fsp3) is 0.700. The zero-order valence-corrected chi connectivity index (χ0v) is 7.47. The van der Waals surface area contributed by atoms with E-state index >= 15 is 0 Å². The molecule has 0 aromatic carbocycles. The van der Waals surface area contributed by atoms with Crippen molar-refractivity contribution in [2.24, 2.45) is 4.99 Å². The monoisotopic (exact) mass is 164 g/mol. The first kappa shape index (κ1) is 7.84. The number of hydrogen-bond acceptors (Lipinski definition) is 2. The third kappa shape index (κ3) is 1.87. The molecule has 1 N–H and O–H groups in total. The van der Waals surface area contributed by atoms with Gasteiger partial charge in [-0.25, -0.2) is 0 Å². The Morgan fingerprint density at radius 1 is 1.17 bits per heavy atom. The minimum absolute atomic E-state index is 1.04. The average Bonchev–Trinajstić information content (AvgIpc) is 2.59. The Hall–Kier alpha value is -0.790. The summed E-state index contributed by atoms with van der Waals surface area (Å²) in [7, 11) is 0. The van der Waals surface area contributed by atoms with Gasteiger partial charge in [0.2, 0.25) is 0 Å². The van der Waals surface area contributed by atoms with Gasteiger partial charge in [-0.1, -0.05) is 0 Å². The number of nitrogens with zero attached hydrogens (tertiary/aromatic N) is 1. The number of allylic oxidation sites excluding steroid dienone is 2. The number of hydrogen-bond donors (Lipinski definition) is 1. The molecule has 0 aromatic heterocycles. The normalized spacial score (nSPS) is 27.0. The van der Waals surface area contributed by atoms with Crippen LogP contribution in [0.3, 0.4) is 0 Å². The van der Waals surface area contributed by atoms with Gasteiger partial charge in [0.1, 0.15) is 0 Å². The second-order valence-corrected chi connectivity index (χ2v) is 3.53. The van der Waals surface area contributed by atoms with Crippen molar-refractivity contribution in [1.29, 1.82) is 0 Å². The quantitative estimate of drug-likeness (QED) is 0.628. The topological polar surface area (TPSA) is 24.4 Å². The summed E-state index contributed by atoms with van der Waals surface area (Å²) in [5.74, 6) is 0. The van der Waals surface area contributed by atoms with Gasteiger partial charge >= 0.3 is 0 Å². The van der Waals surface area contributed by atoms with Gasteiger partial charge in [-0.3, -0.25) is 4.99 Å². The van der Waals surface area contributed by atoms with Crippen LogP contribution in [0.5, 0.6) is 0 Å². The predicted octanol–water partition coefficient (Wildman–Crippen LogP) is 1.88. The van der Waals surface area contributed by atoms with E-state index in [-0.39, 0.29) is 0 Å². The third-order valence-corrected chi connectivity index (χ3v) is 2.47. The molecular formula is C10H16N2. The standard InChI is InChI=1S/C10H16N2/c1-2-6-11-9(4-1)8-10-5-3-7-12-10/h8,11H,1-7H2/b9-8-. The minimum atomic E-state index is 1.04. The van der Waals surface area contributed by atoms with Gasteiger partial charge in [0.05, 0.1) is 0 Å². The Bertz CT molecular complexity index is 208. The van der Waals surface area contributed by atoms with Gasteiger partial charge in [0.15, 0.2) is 0 Å². The molecule has 12 heavy (non-hydrogen) atoms. The maximum absolute atomic E-state index is 4.43. The fourth-order valence-electron chi connectivity index (χ4n) is 1.78. The van der Waals surface area contributed by atoms with E-state index < -0.39 is 0 Å². The van der Waals surface area contributed by atoms with Gasteiger partial charge in [0, 0.05) is 24.5 Å². The molecule has 2 heteroatoms. The molecule has 2 heterocycles. The second-order valence-electron chi connectivity index (χ2n) is 3.53. The summed E-state index contributed by atoms with van der Waals surface area (Å²) >= 11 is 0. The third-order valence-electron chi connectivity index (χ3n) is 2.47. The first-order valence-electron chi connectivity index (χ1n) is 4.93. The van der Waals surface area contributed by atoms with E-state index in [1.165, 1.54) is 43.5 Å². The van der Waals surface area contributed by atoms with Crippen molar-refractivity contribution in [3.05, 3.63) is 11.8 Å². The van der Waals surface area contributed by atoms with Crippen LogP contribution >= 0.6 is 0 Å². The Labute approximate surface area is 73.8 Å². The van der Waals surface area contributed by atoms with Crippen molar-refractivity contribution in [2.45, 2.75) is 32.1 Å². The smallest absolute Gasteiger partial charge is 0.0396 e. The lowest BCUT2D eigenvalue weighted by Gasteiger charge is -2.16. The van der Waals surface area contributed by atoms with Gasteiger partial charge in [-0.05, 0) is 38.2 Å². The van der Waals surface area contributed by atoms with Crippen LogP contribution in [0.25, 0.3) is 0 Å². The van der Waals surface area contributed by atoms with E-state index in [9.17, 15) is 0 Å². The Balaban J connectivity index is 1.96. The molecule has 0 aromatic rings. The largest absolute Gasteiger partial charge is 0.388 e. The molecule has 0 amide bonds. The van der Waals surface area contributed by atoms with E-state index in [1.807, 2.05) is 0 Å². The van der Waals surface area contributed by atoms with E-state index in [1.54, 1.807) is 0 Å². The van der Waals surface area contributed by atoms with Crippen LogP contribution in [0, 0.1) is 0 Å². The van der Waals surface area contributed by atoms with Crippen molar-refractivity contribution in [3.8, 4) is 0 Å². The van der Waals surface area contributed by atoms with Crippen LogP contribution in [0.1, 0.15) is 32.1 Å². The maximum atomic E-state index is 4.43. The van der Waals surface area contributed by atoms with Gasteiger partial charge in [0.25, 0.3) is 0 Å². The van der Waals surface area contributed by atoms with Crippen LogP contribution in [-0.2, 0) is 0 Å². The Kier molecular flexibility index (Phi) is 2.45. The molecule has 0 aliphatic carbocycles. The first-order chi connectivity index (χ1) is 5.95. The van der Waals surface area contributed by atoms with Crippen molar-refractivity contribution in [1.82, 2.24) is 5.32 Å². The molecule has 0 bridgehead atoms. The molecule has 66 valence electrons. The number of piperidine rings is 1. The molecule has 1 saturated heterocycles. The lowest BCUT2D eigenvalue weighted by atomic mass is 10.1. The van der Waals surface area contributed by atoms with E-state index in [0.29, 0.717) is 0 Å². The summed E-state index contributed by atoms with van der Waals surface area (Å²) in [6.07, 6.45) is 8.57. The summed E-state index contributed by atoms with van der Waals surface area (Å²) in [5.41, 5.74) is 2.71. The van der Waals surface area contributed by atoms with Crippen LogP contribution in [0.2, 0.25) is 0 Å². The molecule has 2 rings (SSSR count). The molecule has 0 saturated carbocycles. The van der Waals surface area contributed by atoms with Gasteiger partial charge in [-0.15, -0.1) is 0 Å². The van der Waals surface area contributed by atoms with Crippen molar-refractivity contribution in [2.75, 3.05) is 13.1 Å². The molecule has 2 aliphatic heterocycles. The molecule has 0 radical (unpaired) electrons. The molecule has 1 fully saturated rings. The highest BCUT2D eigenvalue weighted by Crippen LogP contribution is 2.13. The Morgan fingerprint density at radius 3 is 2.83 bits per heavy atom. The molecule has 2 aliphatic rings. The highest BCUT2D eigenvalue weighted by molar-refractivity contribution is 5.96. The number of nitrogens with one attached hydrogen (secondary N) is 1. The lowest BCUT2D eigenvalue weighted by molar-refractivity contribution is 0.588.